The molecule has 37 heavy (non-hydrogen) atoms. The van der Waals surface area contributed by atoms with E-state index in [1.807, 2.05) is 60.7 Å². The van der Waals surface area contributed by atoms with E-state index in [9.17, 15) is 4.79 Å². The molecule has 1 aliphatic heterocycles. The van der Waals surface area contributed by atoms with Crippen LogP contribution in [-0.4, -0.2) is 47.5 Å². The largest absolute Gasteiger partial charge is 0.484 e. The molecule has 1 aromatic carbocycles. The van der Waals surface area contributed by atoms with Crippen LogP contribution in [0.5, 0.6) is 5.75 Å². The van der Waals surface area contributed by atoms with Crippen LogP contribution in [0.3, 0.4) is 0 Å². The predicted octanol–water partition coefficient (Wildman–Crippen LogP) is 4.94. The first-order valence-electron chi connectivity index (χ1n) is 12.9. The highest BCUT2D eigenvalue weighted by Crippen LogP contribution is 2.32. The Morgan fingerprint density at radius 1 is 1.19 bits per heavy atom. The Morgan fingerprint density at radius 3 is 2.78 bits per heavy atom. The van der Waals surface area contributed by atoms with Crippen molar-refractivity contribution in [3.05, 3.63) is 64.7 Å². The summed E-state index contributed by atoms with van der Waals surface area (Å²) in [4.78, 5) is 19.9. The summed E-state index contributed by atoms with van der Waals surface area (Å²) in [7, 11) is 0. The van der Waals surface area contributed by atoms with Gasteiger partial charge in [-0.05, 0) is 64.7 Å². The Hall–Kier alpha value is -3.95. The third-order valence-electron chi connectivity index (χ3n) is 6.81. The molecule has 3 aromatic heterocycles. The zero-order chi connectivity index (χ0) is 25.9. The number of H-pyrrole nitrogens is 1. The molecule has 0 saturated carbocycles. The van der Waals surface area contributed by atoms with Crippen molar-refractivity contribution in [2.24, 2.45) is 0 Å². The number of aromatic nitrogens is 6. The maximum atomic E-state index is 13.6. The van der Waals surface area contributed by atoms with Crippen molar-refractivity contribution in [1.82, 2.24) is 35.0 Å². The van der Waals surface area contributed by atoms with Gasteiger partial charge < -0.3 is 14.2 Å². The van der Waals surface area contributed by atoms with Gasteiger partial charge >= 0.3 is 0 Å². The number of benzene rings is 1. The molecule has 1 amide bonds. The highest BCUT2D eigenvalue weighted by molar-refractivity contribution is 5.93. The highest BCUT2D eigenvalue weighted by atomic mass is 16.5. The third-order valence-corrected chi connectivity index (χ3v) is 6.81. The Balaban J connectivity index is 1.31. The number of amides is 1. The van der Waals surface area contributed by atoms with Crippen LogP contribution < -0.4 is 4.74 Å². The minimum atomic E-state index is -0.263. The topological polar surface area (TPSA) is 115 Å². The first-order valence-corrected chi connectivity index (χ1v) is 12.9. The first-order chi connectivity index (χ1) is 17.9. The summed E-state index contributed by atoms with van der Waals surface area (Å²) in [5.41, 5.74) is 5.25. The summed E-state index contributed by atoms with van der Waals surface area (Å²) >= 11 is 0. The second kappa shape index (κ2) is 10.6. The van der Waals surface area contributed by atoms with E-state index in [4.69, 9.17) is 9.26 Å². The van der Waals surface area contributed by atoms with E-state index < -0.39 is 0 Å². The monoisotopic (exact) mass is 503 g/mol. The molecule has 0 radical (unpaired) electrons. The summed E-state index contributed by atoms with van der Waals surface area (Å²) < 4.78 is 13.2. The zero-order valence-corrected chi connectivity index (χ0v) is 21.8. The first kappa shape index (κ1) is 24.7. The molecule has 1 atom stereocenters. The summed E-state index contributed by atoms with van der Waals surface area (Å²) in [5, 5.41) is 16.3. The van der Waals surface area contributed by atoms with Crippen LogP contribution in [0.15, 0.2) is 34.9 Å². The van der Waals surface area contributed by atoms with Gasteiger partial charge in [0.1, 0.15) is 11.4 Å². The van der Waals surface area contributed by atoms with E-state index >= 15 is 0 Å². The van der Waals surface area contributed by atoms with Crippen LogP contribution in [-0.2, 0) is 13.2 Å². The van der Waals surface area contributed by atoms with Gasteiger partial charge in [-0.25, -0.2) is 0 Å². The second-order valence-corrected chi connectivity index (χ2v) is 9.59. The highest BCUT2D eigenvalue weighted by Gasteiger charge is 2.33. The molecule has 0 bridgehead atoms. The second-order valence-electron chi connectivity index (χ2n) is 9.59. The maximum absolute atomic E-state index is 13.6. The van der Waals surface area contributed by atoms with Crippen molar-refractivity contribution in [2.75, 3.05) is 6.54 Å². The fourth-order valence-electron chi connectivity index (χ4n) is 4.90. The number of aryl methyl sites for hydroxylation is 3. The van der Waals surface area contributed by atoms with E-state index in [2.05, 4.69) is 32.4 Å². The molecule has 1 fully saturated rings. The lowest BCUT2D eigenvalue weighted by Crippen LogP contribution is -2.39. The average molecular weight is 504 g/mol. The average Bonchev–Trinajstić information content (AvgIpc) is 3.63. The minimum absolute atomic E-state index is 0.123. The number of likely N-dealkylation sites (tertiary alicyclic amines) is 1. The van der Waals surface area contributed by atoms with Crippen LogP contribution >= 0.6 is 0 Å². The molecule has 4 aromatic rings. The van der Waals surface area contributed by atoms with Crippen LogP contribution in [0, 0.1) is 20.8 Å². The van der Waals surface area contributed by atoms with Crippen LogP contribution in [0.1, 0.15) is 77.8 Å². The number of rotatable bonds is 8. The zero-order valence-electron chi connectivity index (χ0n) is 21.8. The SMILES string of the molecule is CCCn1nc(C)c(-c2cc(C(=O)N3CCCCC3c3noc(COc4ccc(C)cc4)n3)[nH]n2)c1C. The number of carbonyl (C=O) groups excluding carboxylic acids is 1. The molecule has 10 nitrogen and oxygen atoms in total. The molecule has 0 aliphatic carbocycles. The van der Waals surface area contributed by atoms with Gasteiger partial charge in [0.15, 0.2) is 12.4 Å². The normalized spacial score (nSPS) is 15.8. The van der Waals surface area contributed by atoms with Gasteiger partial charge in [-0.15, -0.1) is 0 Å². The fraction of sp³-hybridized carbons (Fsp3) is 0.444. The van der Waals surface area contributed by atoms with E-state index in [1.165, 1.54) is 0 Å². The van der Waals surface area contributed by atoms with Gasteiger partial charge in [0.25, 0.3) is 11.8 Å². The Bertz CT molecular complexity index is 1370. The summed E-state index contributed by atoms with van der Waals surface area (Å²) in [5.74, 6) is 1.50. The van der Waals surface area contributed by atoms with E-state index in [1.54, 1.807) is 0 Å². The number of nitrogens with zero attached hydrogens (tertiary/aromatic N) is 6. The van der Waals surface area contributed by atoms with Gasteiger partial charge in [0.2, 0.25) is 0 Å². The number of piperidine rings is 1. The van der Waals surface area contributed by atoms with Crippen LogP contribution in [0.4, 0.5) is 0 Å². The number of aromatic amines is 1. The molecule has 5 rings (SSSR count). The molecule has 194 valence electrons. The lowest BCUT2D eigenvalue weighted by molar-refractivity contribution is 0.0590. The molecule has 1 aliphatic rings. The van der Waals surface area contributed by atoms with Gasteiger partial charge in [-0.1, -0.05) is 29.8 Å². The summed E-state index contributed by atoms with van der Waals surface area (Å²) in [6.07, 6.45) is 3.68. The minimum Gasteiger partial charge on any atom is -0.484 e. The standard InChI is InChI=1S/C27H33N7O3/c1-5-13-34-19(4)25(18(3)31-34)21-15-22(30-29-21)27(35)33-14-7-6-8-23(33)26-28-24(37-32-26)16-36-20-11-9-17(2)10-12-20/h9-12,15,23H,5-8,13-14,16H2,1-4H3,(H,29,30). The number of carbonyl (C=O) groups is 1. The molecule has 10 heteroatoms. The molecule has 1 unspecified atom stereocenters. The van der Waals surface area contributed by atoms with Crippen LogP contribution in [0.25, 0.3) is 11.3 Å². The third kappa shape index (κ3) is 5.14. The molecule has 1 saturated heterocycles. The van der Waals surface area contributed by atoms with Crippen LogP contribution in [0.2, 0.25) is 0 Å². The maximum Gasteiger partial charge on any atom is 0.272 e. The summed E-state index contributed by atoms with van der Waals surface area (Å²) in [6.45, 7) is 9.80. The van der Waals surface area contributed by atoms with E-state index in [-0.39, 0.29) is 18.6 Å². The Morgan fingerprint density at radius 2 is 2.00 bits per heavy atom. The van der Waals surface area contributed by atoms with Crippen molar-refractivity contribution in [2.45, 2.75) is 72.6 Å². The van der Waals surface area contributed by atoms with Crippen molar-refractivity contribution in [3.8, 4) is 17.0 Å². The predicted molar refractivity (Wildman–Crippen MR) is 137 cm³/mol. The van der Waals surface area contributed by atoms with Gasteiger partial charge in [0, 0.05) is 24.3 Å². The molecule has 1 N–H and O–H groups in total. The van der Waals surface area contributed by atoms with Gasteiger partial charge in [-0.2, -0.15) is 15.2 Å². The molecule has 4 heterocycles. The molecular weight excluding hydrogens is 470 g/mol. The lowest BCUT2D eigenvalue weighted by atomic mass is 10.0. The molecule has 0 spiro atoms. The Kier molecular flexibility index (Phi) is 7.07. The number of hydrogen-bond donors (Lipinski definition) is 1. The van der Waals surface area contributed by atoms with Gasteiger partial charge in [-0.3, -0.25) is 14.6 Å². The van der Waals surface area contributed by atoms with Crippen molar-refractivity contribution in [1.29, 1.82) is 0 Å². The lowest BCUT2D eigenvalue weighted by Gasteiger charge is -2.33. The van der Waals surface area contributed by atoms with Crippen molar-refractivity contribution >= 4 is 5.91 Å². The van der Waals surface area contributed by atoms with E-state index in [0.717, 1.165) is 66.2 Å². The number of hydrogen-bond acceptors (Lipinski definition) is 7. The Labute approximate surface area is 216 Å². The quantitative estimate of drug-likeness (QED) is 0.362. The summed E-state index contributed by atoms with van der Waals surface area (Å²) in [6, 6.07) is 9.34. The number of nitrogens with one attached hydrogen (secondary N) is 1. The van der Waals surface area contributed by atoms with E-state index in [0.29, 0.717) is 24.0 Å². The van der Waals surface area contributed by atoms with Crippen molar-refractivity contribution < 1.29 is 14.1 Å². The molecular formula is C27H33N7O3. The smallest absolute Gasteiger partial charge is 0.272 e. The number of ether oxygens (including phenoxy) is 1. The van der Waals surface area contributed by atoms with Gasteiger partial charge in [0.05, 0.1) is 17.4 Å². The van der Waals surface area contributed by atoms with Crippen molar-refractivity contribution in [3.63, 3.8) is 0 Å². The fourth-order valence-corrected chi connectivity index (χ4v) is 4.90.